The highest BCUT2D eigenvalue weighted by Gasteiger charge is 2.17. The molecule has 82 valence electrons. The van der Waals surface area contributed by atoms with Gasteiger partial charge in [-0.2, -0.15) is 0 Å². The lowest BCUT2D eigenvalue weighted by Gasteiger charge is -2.10. The third kappa shape index (κ3) is 3.31. The van der Waals surface area contributed by atoms with Crippen LogP contribution in [0.2, 0.25) is 0 Å². The van der Waals surface area contributed by atoms with Gasteiger partial charge >= 0.3 is 0 Å². The quantitative estimate of drug-likeness (QED) is 0.617. The standard InChI is InChI=1S/C11H12Br2O2/c1-3-15-10-5-4-8(13)6-9(10)11(14)7(2)12/h4-7H,3H2,1-2H3. The third-order valence-electron chi connectivity index (χ3n) is 1.87. The molecule has 0 radical (unpaired) electrons. The van der Waals surface area contributed by atoms with Crippen LogP contribution in [0.25, 0.3) is 0 Å². The molecule has 0 bridgehead atoms. The van der Waals surface area contributed by atoms with Crippen LogP contribution in [0.5, 0.6) is 5.75 Å². The van der Waals surface area contributed by atoms with Crippen LogP contribution >= 0.6 is 31.9 Å². The fourth-order valence-electron chi connectivity index (χ4n) is 1.19. The Morgan fingerprint density at radius 1 is 1.53 bits per heavy atom. The summed E-state index contributed by atoms with van der Waals surface area (Å²) in [5, 5.41) is 0. The summed E-state index contributed by atoms with van der Waals surface area (Å²) in [5.74, 6) is 0.664. The van der Waals surface area contributed by atoms with E-state index in [2.05, 4.69) is 31.9 Å². The fourth-order valence-corrected chi connectivity index (χ4v) is 1.80. The van der Waals surface area contributed by atoms with Gasteiger partial charge < -0.3 is 4.74 Å². The number of Topliss-reactive ketones (excluding diaryl/α,β-unsaturated/α-hetero) is 1. The van der Waals surface area contributed by atoms with E-state index in [9.17, 15) is 4.79 Å². The van der Waals surface area contributed by atoms with Crippen LogP contribution in [0.4, 0.5) is 0 Å². The van der Waals surface area contributed by atoms with Crippen molar-refractivity contribution in [2.75, 3.05) is 6.61 Å². The Labute approximate surface area is 106 Å². The van der Waals surface area contributed by atoms with E-state index in [1.54, 1.807) is 19.1 Å². The minimum Gasteiger partial charge on any atom is -0.493 e. The van der Waals surface area contributed by atoms with Crippen LogP contribution in [0.3, 0.4) is 0 Å². The Hall–Kier alpha value is -0.350. The third-order valence-corrected chi connectivity index (χ3v) is 2.78. The second kappa shape index (κ2) is 5.66. The number of rotatable bonds is 4. The molecule has 0 aromatic heterocycles. The van der Waals surface area contributed by atoms with E-state index >= 15 is 0 Å². The SMILES string of the molecule is CCOc1ccc(Br)cc1C(=O)C(C)Br. The smallest absolute Gasteiger partial charge is 0.179 e. The zero-order valence-corrected chi connectivity index (χ0v) is 11.8. The van der Waals surface area contributed by atoms with Crippen LogP contribution in [0.1, 0.15) is 24.2 Å². The molecule has 0 saturated heterocycles. The van der Waals surface area contributed by atoms with Crippen molar-refractivity contribution in [2.24, 2.45) is 0 Å². The molecule has 1 atom stereocenters. The van der Waals surface area contributed by atoms with Crippen molar-refractivity contribution >= 4 is 37.6 Å². The van der Waals surface area contributed by atoms with Crippen molar-refractivity contribution in [1.82, 2.24) is 0 Å². The van der Waals surface area contributed by atoms with E-state index in [-0.39, 0.29) is 10.6 Å². The first kappa shape index (κ1) is 12.7. The molecule has 1 unspecified atom stereocenters. The predicted octanol–water partition coefficient (Wildman–Crippen LogP) is 3.81. The van der Waals surface area contributed by atoms with Crippen LogP contribution in [-0.2, 0) is 0 Å². The molecule has 0 heterocycles. The maximum atomic E-state index is 11.8. The minimum atomic E-state index is -0.203. The molecule has 0 N–H and O–H groups in total. The number of halogens is 2. The first-order chi connectivity index (χ1) is 7.06. The summed E-state index contributed by atoms with van der Waals surface area (Å²) in [6, 6.07) is 5.45. The van der Waals surface area contributed by atoms with Crippen molar-refractivity contribution in [1.29, 1.82) is 0 Å². The highest BCUT2D eigenvalue weighted by molar-refractivity contribution is 9.10. The predicted molar refractivity (Wildman–Crippen MR) is 68.0 cm³/mol. The van der Waals surface area contributed by atoms with E-state index in [0.29, 0.717) is 17.9 Å². The normalized spacial score (nSPS) is 12.3. The molecule has 1 aromatic carbocycles. The summed E-state index contributed by atoms with van der Waals surface area (Å²) in [5.41, 5.74) is 0.607. The molecule has 1 aromatic rings. The molecule has 0 saturated carbocycles. The van der Waals surface area contributed by atoms with Gasteiger partial charge in [-0.1, -0.05) is 31.9 Å². The molecule has 15 heavy (non-hydrogen) atoms. The monoisotopic (exact) mass is 334 g/mol. The van der Waals surface area contributed by atoms with Crippen LogP contribution in [0.15, 0.2) is 22.7 Å². The van der Waals surface area contributed by atoms with E-state index in [1.165, 1.54) is 0 Å². The highest BCUT2D eigenvalue weighted by atomic mass is 79.9. The molecule has 2 nitrogen and oxygen atoms in total. The second-order valence-corrected chi connectivity index (χ2v) is 5.34. The van der Waals surface area contributed by atoms with Gasteiger partial charge in [-0.3, -0.25) is 4.79 Å². The van der Waals surface area contributed by atoms with Crippen LogP contribution in [0, 0.1) is 0 Å². The Morgan fingerprint density at radius 3 is 2.73 bits per heavy atom. The molecular weight excluding hydrogens is 324 g/mol. The number of carbonyl (C=O) groups excluding carboxylic acids is 1. The van der Waals surface area contributed by atoms with Crippen molar-refractivity contribution in [2.45, 2.75) is 18.7 Å². The van der Waals surface area contributed by atoms with E-state index in [0.717, 1.165) is 4.47 Å². The summed E-state index contributed by atoms with van der Waals surface area (Å²) >= 11 is 6.61. The minimum absolute atomic E-state index is 0.0275. The summed E-state index contributed by atoms with van der Waals surface area (Å²) in [6.45, 7) is 4.26. The number of carbonyl (C=O) groups is 1. The van der Waals surface area contributed by atoms with Gasteiger partial charge in [0.25, 0.3) is 0 Å². The Balaban J connectivity index is 3.12. The molecule has 0 aliphatic rings. The van der Waals surface area contributed by atoms with Gasteiger partial charge in [-0.05, 0) is 32.0 Å². The van der Waals surface area contributed by atoms with Gasteiger partial charge in [-0.25, -0.2) is 0 Å². The molecule has 1 rings (SSSR count). The number of ketones is 1. The zero-order valence-electron chi connectivity index (χ0n) is 8.59. The lowest BCUT2D eigenvalue weighted by Crippen LogP contribution is -2.12. The first-order valence-electron chi connectivity index (χ1n) is 4.67. The molecule has 0 aliphatic heterocycles. The zero-order chi connectivity index (χ0) is 11.4. The number of alkyl halides is 1. The Morgan fingerprint density at radius 2 is 2.20 bits per heavy atom. The van der Waals surface area contributed by atoms with E-state index in [1.807, 2.05) is 13.0 Å². The number of benzene rings is 1. The maximum absolute atomic E-state index is 11.8. The van der Waals surface area contributed by atoms with E-state index < -0.39 is 0 Å². The summed E-state index contributed by atoms with van der Waals surface area (Å²) in [7, 11) is 0. The molecule has 0 amide bonds. The fraction of sp³-hybridized carbons (Fsp3) is 0.364. The van der Waals surface area contributed by atoms with Gasteiger partial charge in [-0.15, -0.1) is 0 Å². The second-order valence-electron chi connectivity index (χ2n) is 3.05. The average Bonchev–Trinajstić information content (AvgIpc) is 2.20. The molecule has 0 aliphatic carbocycles. The van der Waals surface area contributed by atoms with Gasteiger partial charge in [0.2, 0.25) is 0 Å². The number of hydrogen-bond acceptors (Lipinski definition) is 2. The van der Waals surface area contributed by atoms with Crippen LogP contribution < -0.4 is 4.74 Å². The van der Waals surface area contributed by atoms with E-state index in [4.69, 9.17) is 4.74 Å². The summed E-state index contributed by atoms with van der Waals surface area (Å²) < 4.78 is 6.28. The van der Waals surface area contributed by atoms with Gasteiger partial charge in [0, 0.05) is 4.47 Å². The molecule has 0 spiro atoms. The lowest BCUT2D eigenvalue weighted by molar-refractivity contribution is 0.0992. The van der Waals surface area contributed by atoms with Crippen molar-refractivity contribution < 1.29 is 9.53 Å². The molecule has 0 fully saturated rings. The Kier molecular flexibility index (Phi) is 4.80. The van der Waals surface area contributed by atoms with Crippen molar-refractivity contribution in [3.8, 4) is 5.75 Å². The largest absolute Gasteiger partial charge is 0.493 e. The number of ether oxygens (including phenoxy) is 1. The van der Waals surface area contributed by atoms with Gasteiger partial charge in [0.1, 0.15) is 5.75 Å². The van der Waals surface area contributed by atoms with Crippen molar-refractivity contribution in [3.63, 3.8) is 0 Å². The van der Waals surface area contributed by atoms with Gasteiger partial charge in [0.05, 0.1) is 17.0 Å². The van der Waals surface area contributed by atoms with Gasteiger partial charge in [0.15, 0.2) is 5.78 Å². The topological polar surface area (TPSA) is 26.3 Å². The first-order valence-corrected chi connectivity index (χ1v) is 6.37. The maximum Gasteiger partial charge on any atom is 0.179 e. The Bertz CT molecular complexity index is 362. The molecule has 4 heteroatoms. The summed E-state index contributed by atoms with van der Waals surface area (Å²) in [4.78, 5) is 11.6. The highest BCUT2D eigenvalue weighted by Crippen LogP contribution is 2.25. The number of hydrogen-bond donors (Lipinski definition) is 0. The lowest BCUT2D eigenvalue weighted by atomic mass is 10.1. The average molecular weight is 336 g/mol. The molecular formula is C11H12Br2O2. The van der Waals surface area contributed by atoms with Crippen molar-refractivity contribution in [3.05, 3.63) is 28.2 Å². The summed E-state index contributed by atoms with van der Waals surface area (Å²) in [6.07, 6.45) is 0. The van der Waals surface area contributed by atoms with Crippen LogP contribution in [-0.4, -0.2) is 17.2 Å².